The molecule has 0 fully saturated rings. The van der Waals surface area contributed by atoms with Gasteiger partial charge in [-0.25, -0.2) is 4.98 Å². The Morgan fingerprint density at radius 3 is 2.93 bits per heavy atom. The van der Waals surface area contributed by atoms with Crippen LogP contribution < -0.4 is 16.8 Å². The zero-order valence-electron chi connectivity index (χ0n) is 8.46. The average Bonchev–Trinajstić information content (AvgIpc) is 2.13. The molecule has 4 N–H and O–H groups in total. The van der Waals surface area contributed by atoms with Crippen molar-refractivity contribution in [3.05, 3.63) is 27.6 Å². The number of hydrogen-bond acceptors (Lipinski definition) is 4. The van der Waals surface area contributed by atoms with Crippen LogP contribution in [0.4, 0.5) is 5.82 Å². The Balaban J connectivity index is 3.17. The molecule has 0 aliphatic rings. The third kappa shape index (κ3) is 1.30. The molecule has 15 heavy (non-hydrogen) atoms. The Hall–Kier alpha value is -2.11. The van der Waals surface area contributed by atoms with Crippen molar-refractivity contribution >= 4 is 16.6 Å². The molecule has 0 radical (unpaired) electrons. The number of pyridine rings is 1. The van der Waals surface area contributed by atoms with Crippen molar-refractivity contribution in [3.63, 3.8) is 0 Å². The van der Waals surface area contributed by atoms with Gasteiger partial charge in [-0.3, -0.25) is 20.0 Å². The fraction of sp³-hybridized carbons (Fsp3) is 0.222. The number of rotatable bonds is 0. The molecule has 2 aromatic heterocycles. The molecule has 0 spiro atoms. The molecule has 6 heteroatoms. The summed E-state index contributed by atoms with van der Waals surface area (Å²) in [5.74, 6) is 0.219. The summed E-state index contributed by atoms with van der Waals surface area (Å²) in [5, 5.41) is 11.1. The summed E-state index contributed by atoms with van der Waals surface area (Å²) in [6, 6.07) is 1.63. The van der Waals surface area contributed by atoms with Gasteiger partial charge in [-0.05, 0) is 13.0 Å². The number of nitrogens with one attached hydrogen (secondary N) is 2. The minimum absolute atomic E-state index is 0.148. The van der Waals surface area contributed by atoms with Gasteiger partial charge in [0.15, 0.2) is 5.49 Å². The fourth-order valence-electron chi connectivity index (χ4n) is 1.56. The summed E-state index contributed by atoms with van der Waals surface area (Å²) in [6.07, 6.45) is 0. The maximum absolute atomic E-state index is 11.6. The normalized spacial score (nSPS) is 10.8. The third-order valence-electron chi connectivity index (χ3n) is 2.26. The quantitative estimate of drug-likeness (QED) is 0.547. The Bertz CT molecular complexity index is 652. The van der Waals surface area contributed by atoms with Crippen LogP contribution in [0.1, 0.15) is 5.69 Å². The van der Waals surface area contributed by atoms with Gasteiger partial charge in [0.25, 0.3) is 5.56 Å². The van der Waals surface area contributed by atoms with Crippen LogP contribution in [0.25, 0.3) is 10.8 Å². The Morgan fingerprint density at radius 2 is 2.27 bits per heavy atom. The molecule has 0 aliphatic heterocycles. The second kappa shape index (κ2) is 2.94. The number of hydrogen-bond donors (Lipinski definition) is 3. The highest BCUT2D eigenvalue weighted by Gasteiger charge is 2.07. The van der Waals surface area contributed by atoms with Crippen LogP contribution in [0.5, 0.6) is 0 Å². The SMILES string of the molecule is Cc1cc2c(=O)[nH]n(C)c(=N)c2c(N)n1. The number of aromatic nitrogens is 3. The minimum Gasteiger partial charge on any atom is -0.383 e. The smallest absolute Gasteiger partial charge is 0.270 e. The lowest BCUT2D eigenvalue weighted by molar-refractivity contribution is 0.681. The summed E-state index contributed by atoms with van der Waals surface area (Å²) < 4.78 is 1.32. The number of nitrogens with two attached hydrogens (primary N) is 1. The zero-order chi connectivity index (χ0) is 11.2. The van der Waals surface area contributed by atoms with E-state index in [1.54, 1.807) is 20.0 Å². The van der Waals surface area contributed by atoms with Gasteiger partial charge in [-0.2, -0.15) is 0 Å². The van der Waals surface area contributed by atoms with E-state index in [1.165, 1.54) is 4.68 Å². The van der Waals surface area contributed by atoms with E-state index in [1.807, 2.05) is 0 Å². The van der Waals surface area contributed by atoms with Crippen LogP contribution in [-0.2, 0) is 7.05 Å². The first-order valence-corrected chi connectivity index (χ1v) is 4.41. The molecule has 0 bridgehead atoms. The lowest BCUT2D eigenvalue weighted by Crippen LogP contribution is -2.28. The van der Waals surface area contributed by atoms with E-state index in [-0.39, 0.29) is 16.9 Å². The third-order valence-corrected chi connectivity index (χ3v) is 2.26. The number of nitrogens with zero attached hydrogens (tertiary/aromatic N) is 2. The van der Waals surface area contributed by atoms with Crippen molar-refractivity contribution in [2.45, 2.75) is 6.92 Å². The lowest BCUT2D eigenvalue weighted by Gasteiger charge is -2.05. The molecule has 0 unspecified atom stereocenters. The topological polar surface area (TPSA) is 101 Å². The Kier molecular flexibility index (Phi) is 1.85. The van der Waals surface area contributed by atoms with E-state index in [0.29, 0.717) is 16.5 Å². The summed E-state index contributed by atoms with van der Waals surface area (Å²) in [7, 11) is 1.59. The summed E-state index contributed by atoms with van der Waals surface area (Å²) in [5.41, 5.74) is 6.25. The van der Waals surface area contributed by atoms with E-state index < -0.39 is 0 Å². The molecular weight excluding hydrogens is 194 g/mol. The standard InChI is InChI=1S/C9H11N5O/c1-4-3-5-6(7(10)12-4)8(11)14(2)13-9(5)15/h3,11H,1-2H3,(H2,10,12)(H,13,15). The van der Waals surface area contributed by atoms with E-state index >= 15 is 0 Å². The molecule has 0 atom stereocenters. The lowest BCUT2D eigenvalue weighted by atomic mass is 10.2. The van der Waals surface area contributed by atoms with Gasteiger partial charge in [0, 0.05) is 12.7 Å². The number of anilines is 1. The Labute approximate surface area is 84.9 Å². The largest absolute Gasteiger partial charge is 0.383 e. The number of aryl methyl sites for hydroxylation is 2. The second-order valence-corrected chi connectivity index (χ2v) is 3.42. The van der Waals surface area contributed by atoms with E-state index in [9.17, 15) is 4.79 Å². The highest BCUT2D eigenvalue weighted by Crippen LogP contribution is 2.11. The average molecular weight is 205 g/mol. The second-order valence-electron chi connectivity index (χ2n) is 3.42. The van der Waals surface area contributed by atoms with Crippen molar-refractivity contribution in [1.82, 2.24) is 14.8 Å². The number of nitrogen functional groups attached to an aromatic ring is 1. The molecule has 0 aromatic carbocycles. The van der Waals surface area contributed by atoms with Crippen molar-refractivity contribution in [3.8, 4) is 0 Å². The van der Waals surface area contributed by atoms with Gasteiger partial charge in [0.1, 0.15) is 5.82 Å². The molecule has 0 saturated heterocycles. The first-order chi connectivity index (χ1) is 7.00. The molecule has 0 aliphatic carbocycles. The van der Waals surface area contributed by atoms with Gasteiger partial charge < -0.3 is 5.73 Å². The molecule has 2 heterocycles. The maximum atomic E-state index is 11.6. The summed E-state index contributed by atoms with van der Waals surface area (Å²) >= 11 is 0. The molecular formula is C9H11N5O. The highest BCUT2D eigenvalue weighted by atomic mass is 16.1. The van der Waals surface area contributed by atoms with Gasteiger partial charge in [-0.1, -0.05) is 0 Å². The number of H-pyrrole nitrogens is 1. The van der Waals surface area contributed by atoms with Crippen LogP contribution in [0, 0.1) is 12.3 Å². The van der Waals surface area contributed by atoms with Gasteiger partial charge >= 0.3 is 0 Å². The zero-order valence-corrected chi connectivity index (χ0v) is 8.46. The number of aromatic amines is 1. The van der Waals surface area contributed by atoms with Crippen LogP contribution >= 0.6 is 0 Å². The maximum Gasteiger partial charge on any atom is 0.270 e. The molecule has 78 valence electrons. The van der Waals surface area contributed by atoms with E-state index in [0.717, 1.165) is 0 Å². The van der Waals surface area contributed by atoms with Crippen LogP contribution in [0.15, 0.2) is 10.9 Å². The molecule has 2 aromatic rings. The van der Waals surface area contributed by atoms with E-state index in [2.05, 4.69) is 10.1 Å². The first-order valence-electron chi connectivity index (χ1n) is 4.41. The first kappa shape index (κ1) is 9.45. The number of fused-ring (bicyclic) bond motifs is 1. The van der Waals surface area contributed by atoms with Crippen molar-refractivity contribution in [1.29, 1.82) is 5.41 Å². The molecule has 6 nitrogen and oxygen atoms in total. The van der Waals surface area contributed by atoms with Crippen molar-refractivity contribution in [2.75, 3.05) is 5.73 Å². The molecule has 2 rings (SSSR count). The van der Waals surface area contributed by atoms with Crippen molar-refractivity contribution in [2.24, 2.45) is 7.05 Å². The predicted octanol–water partition coefficient (Wildman–Crippen LogP) is -0.368. The van der Waals surface area contributed by atoms with Crippen LogP contribution in [0.3, 0.4) is 0 Å². The summed E-state index contributed by atoms with van der Waals surface area (Å²) in [4.78, 5) is 15.6. The minimum atomic E-state index is -0.263. The van der Waals surface area contributed by atoms with Gasteiger partial charge in [0.05, 0.1) is 10.8 Å². The van der Waals surface area contributed by atoms with Gasteiger partial charge in [-0.15, -0.1) is 0 Å². The fourth-order valence-corrected chi connectivity index (χ4v) is 1.56. The van der Waals surface area contributed by atoms with Crippen molar-refractivity contribution < 1.29 is 0 Å². The summed E-state index contributed by atoms with van der Waals surface area (Å²) in [6.45, 7) is 1.76. The Morgan fingerprint density at radius 1 is 1.60 bits per heavy atom. The van der Waals surface area contributed by atoms with Crippen LogP contribution in [0.2, 0.25) is 0 Å². The molecule has 0 amide bonds. The molecule has 0 saturated carbocycles. The predicted molar refractivity (Wildman–Crippen MR) is 56.3 cm³/mol. The highest BCUT2D eigenvalue weighted by molar-refractivity contribution is 5.89. The van der Waals surface area contributed by atoms with E-state index in [4.69, 9.17) is 11.1 Å². The van der Waals surface area contributed by atoms with Gasteiger partial charge in [0.2, 0.25) is 0 Å². The van der Waals surface area contributed by atoms with Crippen LogP contribution in [-0.4, -0.2) is 14.8 Å². The monoisotopic (exact) mass is 205 g/mol.